The first-order valence-electron chi connectivity index (χ1n) is 9.84. The molecule has 0 saturated heterocycles. The Morgan fingerprint density at radius 1 is 1.10 bits per heavy atom. The fourth-order valence-corrected chi connectivity index (χ4v) is 3.41. The molecule has 7 heteroatoms. The average Bonchev–Trinajstić information content (AvgIpc) is 2.79. The molecule has 2 aromatic heterocycles. The van der Waals surface area contributed by atoms with Crippen molar-refractivity contribution in [3.63, 3.8) is 0 Å². The van der Waals surface area contributed by atoms with Gasteiger partial charge in [0.15, 0.2) is 0 Å². The molecule has 1 amide bonds. The molecule has 2 heterocycles. The first-order chi connectivity index (χ1) is 15.0. The van der Waals surface area contributed by atoms with Crippen molar-refractivity contribution >= 4 is 39.8 Å². The Morgan fingerprint density at radius 3 is 2.71 bits per heavy atom. The minimum absolute atomic E-state index is 0.284. The van der Waals surface area contributed by atoms with E-state index in [0.29, 0.717) is 28.6 Å². The van der Waals surface area contributed by atoms with E-state index in [-0.39, 0.29) is 5.91 Å². The summed E-state index contributed by atoms with van der Waals surface area (Å²) in [5.74, 6) is 0.307. The number of aromatic nitrogens is 2. The molecule has 4 rings (SSSR count). The van der Waals surface area contributed by atoms with Gasteiger partial charge in [0.1, 0.15) is 5.82 Å². The number of anilines is 2. The number of nitrogens with zero attached hydrogens (tertiary/aromatic N) is 2. The number of halogens is 1. The predicted octanol–water partition coefficient (Wildman–Crippen LogP) is 5.00. The molecule has 3 N–H and O–H groups in total. The van der Waals surface area contributed by atoms with Gasteiger partial charge in [-0.25, -0.2) is 4.98 Å². The van der Waals surface area contributed by atoms with Crippen LogP contribution >= 0.6 is 11.6 Å². The predicted molar refractivity (Wildman–Crippen MR) is 125 cm³/mol. The zero-order valence-corrected chi connectivity index (χ0v) is 17.6. The number of aliphatic hydroxyl groups excluding tert-OH is 1. The highest BCUT2D eigenvalue weighted by atomic mass is 35.5. The van der Waals surface area contributed by atoms with Crippen LogP contribution in [-0.4, -0.2) is 33.6 Å². The topological polar surface area (TPSA) is 87.1 Å². The fourth-order valence-electron chi connectivity index (χ4n) is 3.21. The number of aliphatic hydroxyl groups is 1. The lowest BCUT2D eigenvalue weighted by Gasteiger charge is -2.11. The second-order valence-corrected chi connectivity index (χ2v) is 7.60. The minimum Gasteiger partial charge on any atom is -0.392 e. The zero-order valence-electron chi connectivity index (χ0n) is 16.8. The summed E-state index contributed by atoms with van der Waals surface area (Å²) in [4.78, 5) is 21.4. The van der Waals surface area contributed by atoms with Gasteiger partial charge in [-0.1, -0.05) is 35.9 Å². The van der Waals surface area contributed by atoms with Gasteiger partial charge in [0.2, 0.25) is 0 Å². The summed E-state index contributed by atoms with van der Waals surface area (Å²) >= 11 is 6.47. The summed E-state index contributed by atoms with van der Waals surface area (Å²) in [6.07, 6.45) is 2.75. The molecule has 156 valence electrons. The van der Waals surface area contributed by atoms with Crippen LogP contribution in [0.2, 0.25) is 5.02 Å². The molecular formula is C24H21ClN4O2. The van der Waals surface area contributed by atoms with Gasteiger partial charge in [-0.15, -0.1) is 0 Å². The molecule has 6 nitrogen and oxygen atoms in total. The number of nitrogens with one attached hydrogen (secondary N) is 2. The third-order valence-corrected chi connectivity index (χ3v) is 5.09. The Morgan fingerprint density at radius 2 is 1.94 bits per heavy atom. The van der Waals surface area contributed by atoms with Crippen molar-refractivity contribution in [2.24, 2.45) is 0 Å². The largest absolute Gasteiger partial charge is 0.392 e. The van der Waals surface area contributed by atoms with Gasteiger partial charge in [-0.05, 0) is 48.7 Å². The molecule has 1 atom stereocenters. The molecule has 0 fully saturated rings. The van der Waals surface area contributed by atoms with Crippen LogP contribution in [0, 0.1) is 0 Å². The molecule has 0 aliphatic heterocycles. The van der Waals surface area contributed by atoms with Crippen LogP contribution in [0.5, 0.6) is 0 Å². The monoisotopic (exact) mass is 432 g/mol. The maximum absolute atomic E-state index is 12.7. The lowest BCUT2D eigenvalue weighted by atomic mass is 10.0. The number of carbonyl (C=O) groups is 1. The lowest BCUT2D eigenvalue weighted by molar-refractivity contribution is 0.102. The van der Waals surface area contributed by atoms with Gasteiger partial charge in [-0.2, -0.15) is 0 Å². The van der Waals surface area contributed by atoms with Crippen molar-refractivity contribution < 1.29 is 9.90 Å². The summed E-state index contributed by atoms with van der Waals surface area (Å²) < 4.78 is 0. The highest BCUT2D eigenvalue weighted by Gasteiger charge is 2.12. The standard InChI is InChI=1S/C24H21ClN4O2/c1-15(30)13-27-22-9-6-17(14-28-22)24(31)29-18-7-8-21(25)20(12-18)23-19-5-3-2-4-16(19)10-11-26-23/h2-12,14-15,30H,13H2,1H3,(H,27,28)(H,29,31)/t15-/m0/s1. The van der Waals surface area contributed by atoms with E-state index in [1.165, 1.54) is 6.20 Å². The van der Waals surface area contributed by atoms with Crippen LogP contribution in [0.15, 0.2) is 73.1 Å². The van der Waals surface area contributed by atoms with E-state index >= 15 is 0 Å². The van der Waals surface area contributed by atoms with E-state index in [1.54, 1.807) is 37.4 Å². The second-order valence-electron chi connectivity index (χ2n) is 7.19. The van der Waals surface area contributed by atoms with Gasteiger partial charge in [0.25, 0.3) is 5.91 Å². The average molecular weight is 433 g/mol. The van der Waals surface area contributed by atoms with Crippen LogP contribution in [0.3, 0.4) is 0 Å². The molecule has 0 unspecified atom stereocenters. The highest BCUT2D eigenvalue weighted by Crippen LogP contribution is 2.33. The molecule has 31 heavy (non-hydrogen) atoms. The molecule has 0 bridgehead atoms. The number of pyridine rings is 2. The molecule has 0 aliphatic rings. The van der Waals surface area contributed by atoms with Crippen molar-refractivity contribution in [3.05, 3.63) is 83.6 Å². The molecule has 0 aliphatic carbocycles. The third kappa shape index (κ3) is 4.82. The number of rotatable bonds is 6. The van der Waals surface area contributed by atoms with E-state index < -0.39 is 6.10 Å². The van der Waals surface area contributed by atoms with Crippen LogP contribution < -0.4 is 10.6 Å². The number of benzene rings is 2. The number of fused-ring (bicyclic) bond motifs is 1. The van der Waals surface area contributed by atoms with Gasteiger partial charge in [-0.3, -0.25) is 9.78 Å². The molecule has 0 spiro atoms. The van der Waals surface area contributed by atoms with Crippen LogP contribution in [-0.2, 0) is 0 Å². The van der Waals surface area contributed by atoms with E-state index in [0.717, 1.165) is 22.0 Å². The normalized spacial score (nSPS) is 11.8. The van der Waals surface area contributed by atoms with Crippen molar-refractivity contribution in [1.82, 2.24) is 9.97 Å². The third-order valence-electron chi connectivity index (χ3n) is 4.76. The maximum Gasteiger partial charge on any atom is 0.257 e. The molecule has 4 aromatic rings. The molecular weight excluding hydrogens is 412 g/mol. The molecule has 0 radical (unpaired) electrons. The highest BCUT2D eigenvalue weighted by molar-refractivity contribution is 6.33. The quantitative estimate of drug-likeness (QED) is 0.399. The number of carbonyl (C=O) groups excluding carboxylic acids is 1. The Bertz CT molecular complexity index is 1220. The summed E-state index contributed by atoms with van der Waals surface area (Å²) in [5, 5.41) is 17.8. The van der Waals surface area contributed by atoms with Crippen LogP contribution in [0.25, 0.3) is 22.0 Å². The number of amides is 1. The summed E-state index contributed by atoms with van der Waals surface area (Å²) in [6, 6.07) is 18.6. The first kappa shape index (κ1) is 20.8. The lowest BCUT2D eigenvalue weighted by Crippen LogP contribution is -2.16. The van der Waals surface area contributed by atoms with Gasteiger partial charge >= 0.3 is 0 Å². The second kappa shape index (κ2) is 9.12. The SMILES string of the molecule is C[C@H](O)CNc1ccc(C(=O)Nc2ccc(Cl)c(-c3nccc4ccccc34)c2)cn1. The molecule has 2 aromatic carbocycles. The van der Waals surface area contributed by atoms with E-state index in [4.69, 9.17) is 11.6 Å². The Hall–Kier alpha value is -3.48. The first-order valence-corrected chi connectivity index (χ1v) is 10.2. The van der Waals surface area contributed by atoms with Crippen LogP contribution in [0.4, 0.5) is 11.5 Å². The summed E-state index contributed by atoms with van der Waals surface area (Å²) in [7, 11) is 0. The Kier molecular flexibility index (Phi) is 6.11. The number of hydrogen-bond acceptors (Lipinski definition) is 5. The van der Waals surface area contributed by atoms with E-state index in [1.807, 2.05) is 36.4 Å². The maximum atomic E-state index is 12.7. The van der Waals surface area contributed by atoms with Crippen LogP contribution in [0.1, 0.15) is 17.3 Å². The van der Waals surface area contributed by atoms with Crippen molar-refractivity contribution in [2.75, 3.05) is 17.2 Å². The van der Waals surface area contributed by atoms with E-state index in [2.05, 4.69) is 20.6 Å². The minimum atomic E-state index is -0.486. The van der Waals surface area contributed by atoms with E-state index in [9.17, 15) is 9.90 Å². The fraction of sp³-hybridized carbons (Fsp3) is 0.125. The number of hydrogen-bond donors (Lipinski definition) is 3. The van der Waals surface area contributed by atoms with Crippen molar-refractivity contribution in [3.8, 4) is 11.3 Å². The van der Waals surface area contributed by atoms with Gasteiger partial charge < -0.3 is 15.7 Å². The van der Waals surface area contributed by atoms with Crippen molar-refractivity contribution in [1.29, 1.82) is 0 Å². The zero-order chi connectivity index (χ0) is 21.8. The van der Waals surface area contributed by atoms with Gasteiger partial charge in [0, 0.05) is 35.6 Å². The smallest absolute Gasteiger partial charge is 0.257 e. The Balaban J connectivity index is 1.57. The van der Waals surface area contributed by atoms with Crippen molar-refractivity contribution in [2.45, 2.75) is 13.0 Å². The Labute approximate surface area is 184 Å². The summed E-state index contributed by atoms with van der Waals surface area (Å²) in [5.41, 5.74) is 2.53. The molecule has 0 saturated carbocycles. The summed E-state index contributed by atoms with van der Waals surface area (Å²) in [6.45, 7) is 2.07. The van der Waals surface area contributed by atoms with Gasteiger partial charge in [0.05, 0.1) is 22.4 Å².